The van der Waals surface area contributed by atoms with E-state index >= 15 is 0 Å². The molecule has 0 bridgehead atoms. The van der Waals surface area contributed by atoms with Gasteiger partial charge < -0.3 is 15.4 Å². The Balaban J connectivity index is 1.47. The van der Waals surface area contributed by atoms with Crippen molar-refractivity contribution in [1.82, 2.24) is 19.9 Å². The molecule has 0 saturated carbocycles. The number of halogens is 1. The van der Waals surface area contributed by atoms with E-state index in [1.807, 2.05) is 31.2 Å². The number of morpholine rings is 1. The van der Waals surface area contributed by atoms with Crippen molar-refractivity contribution >= 4 is 44.1 Å². The van der Waals surface area contributed by atoms with Crippen LogP contribution in [0.3, 0.4) is 0 Å². The van der Waals surface area contributed by atoms with Gasteiger partial charge >= 0.3 is 0 Å². The highest BCUT2D eigenvalue weighted by atomic mass is 35.5. The lowest BCUT2D eigenvalue weighted by Gasteiger charge is -2.24. The lowest BCUT2D eigenvalue weighted by Crippen LogP contribution is -2.33. The second-order valence-electron chi connectivity index (χ2n) is 8.80. The number of fused-ring (bicyclic) bond motifs is 1. The predicted octanol–water partition coefficient (Wildman–Crippen LogP) is 3.94. The summed E-state index contributed by atoms with van der Waals surface area (Å²) >= 11 is 6.40. The van der Waals surface area contributed by atoms with Crippen molar-refractivity contribution in [1.29, 1.82) is 0 Å². The minimum absolute atomic E-state index is 0.0315. The Morgan fingerprint density at radius 1 is 1.16 bits per heavy atom. The van der Waals surface area contributed by atoms with Gasteiger partial charge in [-0.1, -0.05) is 29.8 Å². The number of aromatic nitrogens is 3. The Bertz CT molecular complexity index is 1630. The van der Waals surface area contributed by atoms with Gasteiger partial charge in [0.25, 0.3) is 5.56 Å². The molecule has 11 heteroatoms. The van der Waals surface area contributed by atoms with E-state index in [2.05, 4.69) is 20.6 Å². The van der Waals surface area contributed by atoms with E-state index in [0.29, 0.717) is 41.3 Å². The minimum atomic E-state index is -3.42. The van der Waals surface area contributed by atoms with Gasteiger partial charge in [0, 0.05) is 59.3 Å². The molecule has 2 aromatic heterocycles. The molecule has 0 radical (unpaired) electrons. The normalized spacial score (nSPS) is 16.1. The Hall–Kier alpha value is -3.31. The molecule has 3 heterocycles. The molecule has 4 aromatic rings. The van der Waals surface area contributed by atoms with Crippen LogP contribution in [-0.2, 0) is 21.1 Å². The van der Waals surface area contributed by atoms with Crippen molar-refractivity contribution < 1.29 is 13.2 Å². The summed E-state index contributed by atoms with van der Waals surface area (Å²) in [7, 11) is -3.42. The predicted molar refractivity (Wildman–Crippen MR) is 144 cm³/mol. The lowest BCUT2D eigenvalue weighted by atomic mass is 10.1. The Kier molecular flexibility index (Phi) is 7.00. The van der Waals surface area contributed by atoms with Crippen molar-refractivity contribution in [2.75, 3.05) is 31.3 Å². The first-order chi connectivity index (χ1) is 17.7. The van der Waals surface area contributed by atoms with Crippen LogP contribution in [0.2, 0.25) is 5.02 Å². The van der Waals surface area contributed by atoms with Crippen molar-refractivity contribution in [2.45, 2.75) is 24.5 Å². The maximum Gasteiger partial charge on any atom is 0.260 e. The molecule has 0 amide bonds. The molecule has 1 aliphatic heterocycles. The molecule has 0 aliphatic carbocycles. The molecule has 1 saturated heterocycles. The highest BCUT2D eigenvalue weighted by Crippen LogP contribution is 2.30. The summed E-state index contributed by atoms with van der Waals surface area (Å²) in [5, 5.41) is 7.36. The third-order valence-corrected chi connectivity index (χ3v) is 7.69. The summed E-state index contributed by atoms with van der Waals surface area (Å²) in [6, 6.07) is 13.9. The number of benzene rings is 2. The van der Waals surface area contributed by atoms with Gasteiger partial charge in [-0.25, -0.2) is 13.4 Å². The first kappa shape index (κ1) is 25.3. The van der Waals surface area contributed by atoms with Gasteiger partial charge in [-0.05, 0) is 42.8 Å². The third-order valence-electron chi connectivity index (χ3n) is 6.27. The van der Waals surface area contributed by atoms with Crippen molar-refractivity contribution in [2.24, 2.45) is 0 Å². The zero-order chi connectivity index (χ0) is 26.2. The molecule has 1 fully saturated rings. The average molecular weight is 540 g/mol. The Morgan fingerprint density at radius 3 is 2.59 bits per heavy atom. The molecule has 37 heavy (non-hydrogen) atoms. The standard InChI is InChI=1S/C26H26ClN5O4S/c1-3-32-24-17(12-21(25(32)33)20-9-8-19(13-22(20)27)37(2,34)35)14-29-26(31-24)30-18-6-4-16(5-7-18)23-15-28-10-11-36-23/h4-9,12-14,23,28H,3,10-11,15H2,1-2H3,(H,29,30,31). The molecule has 9 nitrogen and oxygen atoms in total. The Labute approximate surface area is 219 Å². The lowest BCUT2D eigenvalue weighted by molar-refractivity contribution is 0.0277. The second kappa shape index (κ2) is 10.2. The van der Waals surface area contributed by atoms with Gasteiger partial charge in [0.15, 0.2) is 9.84 Å². The number of hydrogen-bond donors (Lipinski definition) is 2. The smallest absolute Gasteiger partial charge is 0.260 e. The van der Waals surface area contributed by atoms with Gasteiger partial charge in [-0.3, -0.25) is 9.36 Å². The average Bonchev–Trinajstić information content (AvgIpc) is 2.89. The highest BCUT2D eigenvalue weighted by Gasteiger charge is 2.18. The first-order valence-corrected chi connectivity index (χ1v) is 14.1. The molecule has 1 atom stereocenters. The zero-order valence-electron chi connectivity index (χ0n) is 20.4. The summed E-state index contributed by atoms with van der Waals surface area (Å²) in [5.74, 6) is 0.362. The molecular weight excluding hydrogens is 514 g/mol. The number of sulfone groups is 1. The number of pyridine rings is 1. The molecule has 0 spiro atoms. The molecule has 2 aromatic carbocycles. The number of nitrogens with zero attached hydrogens (tertiary/aromatic N) is 3. The second-order valence-corrected chi connectivity index (χ2v) is 11.2. The number of aryl methyl sites for hydroxylation is 1. The van der Waals surface area contributed by atoms with Crippen LogP contribution in [0.15, 0.2) is 64.4 Å². The first-order valence-electron chi connectivity index (χ1n) is 11.8. The third kappa shape index (κ3) is 5.24. The van der Waals surface area contributed by atoms with Crippen LogP contribution in [0.5, 0.6) is 0 Å². The van der Waals surface area contributed by atoms with Crippen LogP contribution in [0, 0.1) is 0 Å². The molecule has 1 unspecified atom stereocenters. The summed E-state index contributed by atoms with van der Waals surface area (Å²) in [6.07, 6.45) is 2.79. The summed E-state index contributed by atoms with van der Waals surface area (Å²) in [5.41, 5.74) is 2.90. The van der Waals surface area contributed by atoms with Crippen LogP contribution in [-0.4, -0.2) is 48.9 Å². The van der Waals surface area contributed by atoms with Crippen molar-refractivity contribution in [3.8, 4) is 11.1 Å². The van der Waals surface area contributed by atoms with Gasteiger partial charge in [0.1, 0.15) is 5.65 Å². The summed E-state index contributed by atoms with van der Waals surface area (Å²) in [6.45, 7) is 4.57. The van der Waals surface area contributed by atoms with Gasteiger partial charge in [-0.15, -0.1) is 0 Å². The summed E-state index contributed by atoms with van der Waals surface area (Å²) in [4.78, 5) is 22.5. The van der Waals surface area contributed by atoms with E-state index in [1.165, 1.54) is 12.1 Å². The maximum atomic E-state index is 13.4. The molecular formula is C26H26ClN5O4S. The number of nitrogens with one attached hydrogen (secondary N) is 2. The number of ether oxygens (including phenoxy) is 1. The van der Waals surface area contributed by atoms with E-state index in [4.69, 9.17) is 16.3 Å². The molecule has 2 N–H and O–H groups in total. The monoisotopic (exact) mass is 539 g/mol. The SMILES string of the molecule is CCn1c(=O)c(-c2ccc(S(C)(=O)=O)cc2Cl)cc2cnc(Nc3ccc(C4CNCCO4)cc3)nc21. The largest absolute Gasteiger partial charge is 0.371 e. The van der Waals surface area contributed by atoms with Gasteiger partial charge in [-0.2, -0.15) is 4.98 Å². The number of hydrogen-bond acceptors (Lipinski definition) is 8. The van der Waals surface area contributed by atoms with Gasteiger partial charge in [0.05, 0.1) is 17.6 Å². The quantitative estimate of drug-likeness (QED) is 0.378. The number of rotatable bonds is 6. The Morgan fingerprint density at radius 2 is 1.95 bits per heavy atom. The minimum Gasteiger partial charge on any atom is -0.371 e. The molecule has 5 rings (SSSR count). The van der Waals surface area contributed by atoms with Crippen LogP contribution in [0.25, 0.3) is 22.2 Å². The van der Waals surface area contributed by atoms with Gasteiger partial charge in [0.2, 0.25) is 5.95 Å². The molecule has 1 aliphatic rings. The topological polar surface area (TPSA) is 115 Å². The number of anilines is 2. The van der Waals surface area contributed by atoms with E-state index in [-0.39, 0.29) is 21.6 Å². The fourth-order valence-corrected chi connectivity index (χ4v) is 5.33. The van der Waals surface area contributed by atoms with E-state index in [9.17, 15) is 13.2 Å². The van der Waals surface area contributed by atoms with Crippen molar-refractivity contribution in [3.05, 3.63) is 75.7 Å². The molecule has 192 valence electrons. The highest BCUT2D eigenvalue weighted by molar-refractivity contribution is 7.90. The maximum absolute atomic E-state index is 13.4. The van der Waals surface area contributed by atoms with Crippen LogP contribution in [0.1, 0.15) is 18.6 Å². The zero-order valence-corrected chi connectivity index (χ0v) is 21.9. The summed E-state index contributed by atoms with van der Waals surface area (Å²) < 4.78 is 31.1. The van der Waals surface area contributed by atoms with E-state index in [0.717, 1.165) is 30.6 Å². The van der Waals surface area contributed by atoms with Crippen LogP contribution < -0.4 is 16.2 Å². The van der Waals surface area contributed by atoms with Crippen LogP contribution in [0.4, 0.5) is 11.6 Å². The van der Waals surface area contributed by atoms with E-state index in [1.54, 1.807) is 22.9 Å². The fourth-order valence-electron chi connectivity index (χ4n) is 4.34. The van der Waals surface area contributed by atoms with Crippen LogP contribution >= 0.6 is 11.6 Å². The van der Waals surface area contributed by atoms with E-state index < -0.39 is 9.84 Å². The fraction of sp³-hybridized carbons (Fsp3) is 0.269. The van der Waals surface area contributed by atoms with Crippen molar-refractivity contribution in [3.63, 3.8) is 0 Å².